The molecule has 0 bridgehead atoms. The second kappa shape index (κ2) is 9.36. The minimum atomic E-state index is -0.142. The van der Waals surface area contributed by atoms with Crippen LogP contribution in [0.2, 0.25) is 5.02 Å². The predicted molar refractivity (Wildman–Crippen MR) is 146 cm³/mol. The van der Waals surface area contributed by atoms with Crippen LogP contribution in [0.3, 0.4) is 0 Å². The molecule has 5 nitrogen and oxygen atoms in total. The number of nitrogens with one attached hydrogen (secondary N) is 1. The molecule has 5 rings (SSSR count). The summed E-state index contributed by atoms with van der Waals surface area (Å²) in [5.41, 5.74) is 6.98. The molecule has 0 amide bonds. The maximum Gasteiger partial charge on any atom is 0.174 e. The molecule has 3 heterocycles. The summed E-state index contributed by atoms with van der Waals surface area (Å²) in [5, 5.41) is 15.4. The van der Waals surface area contributed by atoms with E-state index in [4.69, 9.17) is 23.8 Å². The molecule has 2 aromatic carbocycles. The van der Waals surface area contributed by atoms with Crippen molar-refractivity contribution in [2.45, 2.75) is 39.3 Å². The quantitative estimate of drug-likeness (QED) is 0.301. The summed E-state index contributed by atoms with van der Waals surface area (Å²) >= 11 is 12.2. The molecule has 1 aliphatic heterocycles. The highest BCUT2D eigenvalue weighted by Gasteiger charge is 2.42. The number of hydrogen-bond acceptors (Lipinski definition) is 3. The van der Waals surface area contributed by atoms with E-state index >= 15 is 0 Å². The number of thiocarbonyl (C=S) groups is 1. The van der Waals surface area contributed by atoms with Crippen LogP contribution in [0.5, 0.6) is 5.75 Å². The largest absolute Gasteiger partial charge is 0.506 e. The maximum absolute atomic E-state index is 10.6. The average molecular weight is 503 g/mol. The molecular weight excluding hydrogens is 476 g/mol. The van der Waals surface area contributed by atoms with Gasteiger partial charge in [0.15, 0.2) is 5.11 Å². The van der Waals surface area contributed by atoms with E-state index in [9.17, 15) is 5.11 Å². The number of aromatic hydroxyl groups is 1. The van der Waals surface area contributed by atoms with E-state index in [-0.39, 0.29) is 17.8 Å². The first-order chi connectivity index (χ1) is 16.9. The van der Waals surface area contributed by atoms with Gasteiger partial charge >= 0.3 is 0 Å². The van der Waals surface area contributed by atoms with Gasteiger partial charge in [0, 0.05) is 28.3 Å². The van der Waals surface area contributed by atoms with Gasteiger partial charge in [-0.3, -0.25) is 4.98 Å². The summed E-state index contributed by atoms with van der Waals surface area (Å²) in [6.07, 6.45) is 2.79. The van der Waals surface area contributed by atoms with Gasteiger partial charge in [-0.2, -0.15) is 0 Å². The molecule has 7 heteroatoms. The van der Waals surface area contributed by atoms with Crippen molar-refractivity contribution in [1.82, 2.24) is 14.9 Å². The van der Waals surface area contributed by atoms with Gasteiger partial charge in [0.2, 0.25) is 0 Å². The fraction of sp³-hybridized carbons (Fsp3) is 0.214. The topological polar surface area (TPSA) is 53.3 Å². The molecule has 0 radical (unpaired) electrons. The first-order valence-electron chi connectivity index (χ1n) is 11.7. The lowest BCUT2D eigenvalue weighted by Gasteiger charge is -2.28. The lowest BCUT2D eigenvalue weighted by molar-refractivity contribution is 0.471. The Hall–Kier alpha value is -3.35. The average Bonchev–Trinajstić information content (AvgIpc) is 3.36. The molecule has 2 atom stereocenters. The number of benzene rings is 2. The number of nitrogens with zero attached hydrogens (tertiary/aromatic N) is 3. The van der Waals surface area contributed by atoms with Crippen LogP contribution in [0, 0.1) is 13.8 Å². The first-order valence-corrected chi connectivity index (χ1v) is 12.4. The van der Waals surface area contributed by atoms with Gasteiger partial charge in [-0.15, -0.1) is 0 Å². The Morgan fingerprint density at radius 1 is 1.06 bits per heavy atom. The molecule has 2 unspecified atom stereocenters. The summed E-state index contributed by atoms with van der Waals surface area (Å²) in [7, 11) is 0. The second-order valence-electron chi connectivity index (χ2n) is 8.81. The van der Waals surface area contributed by atoms with Crippen molar-refractivity contribution in [2.75, 3.05) is 4.90 Å². The van der Waals surface area contributed by atoms with Crippen LogP contribution < -0.4 is 10.2 Å². The Kier molecular flexibility index (Phi) is 6.26. The fourth-order valence-corrected chi connectivity index (χ4v) is 5.49. The van der Waals surface area contributed by atoms with Gasteiger partial charge in [-0.25, -0.2) is 0 Å². The number of rotatable bonds is 5. The molecule has 1 fully saturated rings. The van der Waals surface area contributed by atoms with Crippen molar-refractivity contribution >= 4 is 34.6 Å². The lowest BCUT2D eigenvalue weighted by Crippen LogP contribution is -2.29. The SMILES string of the molecule is CCc1ccc(N2C(=S)NC(c3ccccn3)C2c2cc(C)n(-c3cc(Cl)ccc3O)c2C)cc1. The van der Waals surface area contributed by atoms with Crippen LogP contribution >= 0.6 is 23.8 Å². The van der Waals surface area contributed by atoms with Gasteiger partial charge < -0.3 is 19.9 Å². The van der Waals surface area contributed by atoms with E-state index in [0.717, 1.165) is 34.8 Å². The predicted octanol–water partition coefficient (Wildman–Crippen LogP) is 6.59. The van der Waals surface area contributed by atoms with Crippen molar-refractivity contribution in [3.05, 3.63) is 106 Å². The van der Waals surface area contributed by atoms with Crippen LogP contribution in [0.15, 0.2) is 72.9 Å². The van der Waals surface area contributed by atoms with Crippen molar-refractivity contribution in [1.29, 1.82) is 0 Å². The molecule has 35 heavy (non-hydrogen) atoms. The van der Waals surface area contributed by atoms with E-state index in [0.29, 0.717) is 15.8 Å². The number of anilines is 1. The van der Waals surface area contributed by atoms with Crippen molar-refractivity contribution in [3.63, 3.8) is 0 Å². The summed E-state index contributed by atoms with van der Waals surface area (Å²) in [4.78, 5) is 6.83. The Morgan fingerprint density at radius 2 is 1.83 bits per heavy atom. The number of aryl methyl sites for hydroxylation is 2. The van der Waals surface area contributed by atoms with Crippen molar-refractivity contribution in [2.24, 2.45) is 0 Å². The Labute approximate surface area is 216 Å². The smallest absolute Gasteiger partial charge is 0.174 e. The lowest BCUT2D eigenvalue weighted by atomic mass is 9.96. The third-order valence-electron chi connectivity index (χ3n) is 6.69. The molecule has 0 spiro atoms. The van der Waals surface area contributed by atoms with E-state index in [1.807, 2.05) is 35.9 Å². The van der Waals surface area contributed by atoms with Crippen LogP contribution in [-0.2, 0) is 6.42 Å². The molecule has 0 saturated carbocycles. The number of halogens is 1. The van der Waals surface area contributed by atoms with Crippen LogP contribution in [-0.4, -0.2) is 19.8 Å². The monoisotopic (exact) mass is 502 g/mol. The number of pyridine rings is 1. The Balaban J connectivity index is 1.68. The van der Waals surface area contributed by atoms with E-state index < -0.39 is 0 Å². The fourth-order valence-electron chi connectivity index (χ4n) is 4.97. The minimum Gasteiger partial charge on any atom is -0.506 e. The molecule has 2 aromatic heterocycles. The molecule has 1 saturated heterocycles. The zero-order valence-electron chi connectivity index (χ0n) is 19.9. The number of aromatic nitrogens is 2. The standard InChI is InChI=1S/C28H27ClN4OS/c1-4-19-8-11-21(12-9-19)33-27(26(31-28(33)35)23-7-5-6-14-30-23)22-15-17(2)32(18(22)3)24-16-20(29)10-13-25(24)34/h5-16,26-27,34H,4H2,1-3H3,(H,31,35). The molecule has 178 valence electrons. The van der Waals surface area contributed by atoms with Gasteiger partial charge in [-0.05, 0) is 92.1 Å². The molecule has 0 aliphatic carbocycles. The first kappa shape index (κ1) is 23.4. The van der Waals surface area contributed by atoms with Gasteiger partial charge in [0.05, 0.1) is 23.5 Å². The summed E-state index contributed by atoms with van der Waals surface area (Å²) in [6.45, 7) is 6.25. The van der Waals surface area contributed by atoms with Gasteiger partial charge in [-0.1, -0.05) is 36.7 Å². The highest BCUT2D eigenvalue weighted by molar-refractivity contribution is 7.80. The van der Waals surface area contributed by atoms with Crippen molar-refractivity contribution in [3.8, 4) is 11.4 Å². The molecule has 1 aliphatic rings. The zero-order valence-corrected chi connectivity index (χ0v) is 21.4. The number of phenols is 1. The summed E-state index contributed by atoms with van der Waals surface area (Å²) < 4.78 is 2.05. The van der Waals surface area contributed by atoms with Crippen molar-refractivity contribution < 1.29 is 5.11 Å². The zero-order chi connectivity index (χ0) is 24.7. The normalized spacial score (nSPS) is 17.6. The van der Waals surface area contributed by atoms with Crippen LogP contribution in [0.25, 0.3) is 5.69 Å². The molecular formula is C28H27ClN4OS. The van der Waals surface area contributed by atoms with Gasteiger partial charge in [0.1, 0.15) is 5.75 Å². The highest BCUT2D eigenvalue weighted by atomic mass is 35.5. The second-order valence-corrected chi connectivity index (χ2v) is 9.63. The summed E-state index contributed by atoms with van der Waals surface area (Å²) in [5.74, 6) is 0.177. The third kappa shape index (κ3) is 4.17. The maximum atomic E-state index is 10.6. The van der Waals surface area contributed by atoms with E-state index in [1.54, 1.807) is 18.2 Å². The Bertz CT molecular complexity index is 1380. The molecule has 4 aromatic rings. The third-order valence-corrected chi connectivity index (χ3v) is 7.24. The van der Waals surface area contributed by atoms with Gasteiger partial charge in [0.25, 0.3) is 0 Å². The highest BCUT2D eigenvalue weighted by Crippen LogP contribution is 2.44. The van der Waals surface area contributed by atoms with E-state index in [1.165, 1.54) is 5.56 Å². The Morgan fingerprint density at radius 3 is 2.51 bits per heavy atom. The van der Waals surface area contributed by atoms with Crippen LogP contribution in [0.4, 0.5) is 5.69 Å². The van der Waals surface area contributed by atoms with E-state index in [2.05, 4.69) is 59.4 Å². The summed E-state index contributed by atoms with van der Waals surface area (Å²) in [6, 6.07) is 21.5. The van der Waals surface area contributed by atoms with Crippen LogP contribution in [0.1, 0.15) is 47.2 Å². The minimum absolute atomic E-state index is 0.133. The number of phenolic OH excluding ortho intramolecular Hbond substituents is 1. The number of hydrogen-bond donors (Lipinski definition) is 2. The molecule has 2 N–H and O–H groups in total.